The average molecular weight is 218 g/mol. The second-order valence-corrected chi connectivity index (χ2v) is 4.52. The Labute approximate surface area is 91.2 Å². The van der Waals surface area contributed by atoms with Crippen LogP contribution in [-0.4, -0.2) is 47.8 Å². The predicted octanol–water partition coefficient (Wildman–Crippen LogP) is 0.558. The summed E-state index contributed by atoms with van der Waals surface area (Å²) in [7, 11) is 0. The van der Waals surface area contributed by atoms with E-state index < -0.39 is 6.10 Å². The van der Waals surface area contributed by atoms with Crippen LogP contribution >= 0.6 is 0 Å². The van der Waals surface area contributed by atoms with Gasteiger partial charge in [-0.05, 0) is 13.8 Å². The first-order valence-electron chi connectivity index (χ1n) is 5.60. The van der Waals surface area contributed by atoms with E-state index in [4.69, 9.17) is 14.6 Å². The van der Waals surface area contributed by atoms with Crippen molar-refractivity contribution in [3.63, 3.8) is 0 Å². The number of aliphatic hydroxyl groups excluding tert-OH is 2. The molecule has 1 aliphatic heterocycles. The molecule has 0 aliphatic carbocycles. The molecule has 4 atom stereocenters. The van der Waals surface area contributed by atoms with Gasteiger partial charge in [-0.25, -0.2) is 0 Å². The highest BCUT2D eigenvalue weighted by Gasteiger charge is 2.34. The van der Waals surface area contributed by atoms with E-state index >= 15 is 0 Å². The van der Waals surface area contributed by atoms with E-state index in [1.807, 2.05) is 20.8 Å². The van der Waals surface area contributed by atoms with Crippen molar-refractivity contribution >= 4 is 0 Å². The minimum absolute atomic E-state index is 0.00898. The Morgan fingerprint density at radius 1 is 1.47 bits per heavy atom. The molecule has 15 heavy (non-hydrogen) atoms. The standard InChI is InChI=1S/C11H22O4/c1-7(2)14-6-9-4-10(13)8(3)11(5-12)15-9/h7-13H,4-6H2,1-3H3/t8-,9?,10-,11-/m1/s1. The van der Waals surface area contributed by atoms with Crippen LogP contribution in [0.4, 0.5) is 0 Å². The topological polar surface area (TPSA) is 58.9 Å². The molecule has 1 heterocycles. The quantitative estimate of drug-likeness (QED) is 0.724. The van der Waals surface area contributed by atoms with Crippen molar-refractivity contribution in [3.8, 4) is 0 Å². The molecule has 1 aliphatic rings. The Morgan fingerprint density at radius 3 is 2.67 bits per heavy atom. The van der Waals surface area contributed by atoms with E-state index in [1.54, 1.807) is 0 Å². The van der Waals surface area contributed by atoms with E-state index in [-0.39, 0.29) is 30.8 Å². The lowest BCUT2D eigenvalue weighted by atomic mass is 9.91. The van der Waals surface area contributed by atoms with Gasteiger partial charge < -0.3 is 19.7 Å². The maximum atomic E-state index is 9.77. The van der Waals surface area contributed by atoms with Gasteiger partial charge in [-0.1, -0.05) is 6.92 Å². The largest absolute Gasteiger partial charge is 0.394 e. The van der Waals surface area contributed by atoms with Crippen LogP contribution < -0.4 is 0 Å². The van der Waals surface area contributed by atoms with Crippen molar-refractivity contribution < 1.29 is 19.7 Å². The Morgan fingerprint density at radius 2 is 2.13 bits per heavy atom. The molecule has 0 amide bonds. The van der Waals surface area contributed by atoms with Crippen LogP contribution in [-0.2, 0) is 9.47 Å². The molecule has 1 unspecified atom stereocenters. The molecule has 1 saturated heterocycles. The molecule has 0 aromatic carbocycles. The van der Waals surface area contributed by atoms with Gasteiger partial charge in [0.05, 0.1) is 37.6 Å². The van der Waals surface area contributed by atoms with Crippen molar-refractivity contribution in [1.82, 2.24) is 0 Å². The normalized spacial score (nSPS) is 37.2. The van der Waals surface area contributed by atoms with Gasteiger partial charge in [-0.15, -0.1) is 0 Å². The van der Waals surface area contributed by atoms with Gasteiger partial charge in [-0.2, -0.15) is 0 Å². The molecule has 4 nitrogen and oxygen atoms in total. The summed E-state index contributed by atoms with van der Waals surface area (Å²) in [4.78, 5) is 0. The molecule has 90 valence electrons. The van der Waals surface area contributed by atoms with Gasteiger partial charge in [0.25, 0.3) is 0 Å². The molecule has 1 fully saturated rings. The Hall–Kier alpha value is -0.160. The highest BCUT2D eigenvalue weighted by molar-refractivity contribution is 4.82. The lowest BCUT2D eigenvalue weighted by Crippen LogP contribution is -2.46. The van der Waals surface area contributed by atoms with Crippen LogP contribution in [0.5, 0.6) is 0 Å². The lowest BCUT2D eigenvalue weighted by Gasteiger charge is -2.37. The average Bonchev–Trinajstić information content (AvgIpc) is 2.19. The third-order valence-electron chi connectivity index (χ3n) is 2.86. The fourth-order valence-electron chi connectivity index (χ4n) is 1.77. The lowest BCUT2D eigenvalue weighted by molar-refractivity contribution is -0.165. The number of hydrogen-bond donors (Lipinski definition) is 2. The van der Waals surface area contributed by atoms with Gasteiger partial charge in [0.1, 0.15) is 0 Å². The van der Waals surface area contributed by atoms with E-state index in [9.17, 15) is 5.11 Å². The van der Waals surface area contributed by atoms with Gasteiger partial charge in [0.15, 0.2) is 0 Å². The number of ether oxygens (including phenoxy) is 2. The molecule has 0 bridgehead atoms. The van der Waals surface area contributed by atoms with Gasteiger partial charge in [0.2, 0.25) is 0 Å². The van der Waals surface area contributed by atoms with E-state index in [1.165, 1.54) is 0 Å². The second-order valence-electron chi connectivity index (χ2n) is 4.52. The predicted molar refractivity (Wildman–Crippen MR) is 56.6 cm³/mol. The summed E-state index contributed by atoms with van der Waals surface area (Å²) < 4.78 is 11.1. The summed E-state index contributed by atoms with van der Waals surface area (Å²) in [6.07, 6.45) is -0.0238. The molecule has 0 spiro atoms. The number of rotatable bonds is 4. The number of hydrogen-bond acceptors (Lipinski definition) is 4. The van der Waals surface area contributed by atoms with Crippen LogP contribution in [0.1, 0.15) is 27.2 Å². The Kier molecular flexibility index (Phi) is 4.99. The van der Waals surface area contributed by atoms with Crippen molar-refractivity contribution in [2.24, 2.45) is 5.92 Å². The highest BCUT2D eigenvalue weighted by Crippen LogP contribution is 2.25. The zero-order chi connectivity index (χ0) is 11.4. The maximum absolute atomic E-state index is 9.77. The first-order valence-corrected chi connectivity index (χ1v) is 5.60. The maximum Gasteiger partial charge on any atom is 0.0860 e. The van der Waals surface area contributed by atoms with Crippen molar-refractivity contribution in [1.29, 1.82) is 0 Å². The Balaban J connectivity index is 2.41. The molecule has 4 heteroatoms. The van der Waals surface area contributed by atoms with Crippen LogP contribution in [0.25, 0.3) is 0 Å². The monoisotopic (exact) mass is 218 g/mol. The molecule has 0 aromatic heterocycles. The van der Waals surface area contributed by atoms with Crippen molar-refractivity contribution in [2.45, 2.75) is 51.6 Å². The third kappa shape index (κ3) is 3.72. The zero-order valence-electron chi connectivity index (χ0n) is 9.72. The van der Waals surface area contributed by atoms with Crippen LogP contribution in [0.15, 0.2) is 0 Å². The molecule has 1 rings (SSSR count). The molecule has 2 N–H and O–H groups in total. The minimum Gasteiger partial charge on any atom is -0.394 e. The Bertz CT molecular complexity index is 183. The highest BCUT2D eigenvalue weighted by atomic mass is 16.5. The number of aliphatic hydroxyl groups is 2. The summed E-state index contributed by atoms with van der Waals surface area (Å²) in [6, 6.07) is 0. The SMILES string of the molecule is CC(C)OCC1C[C@@H](O)[C@@H](C)[C@@H](CO)O1. The van der Waals surface area contributed by atoms with Crippen molar-refractivity contribution in [2.75, 3.05) is 13.2 Å². The van der Waals surface area contributed by atoms with Crippen LogP contribution in [0.2, 0.25) is 0 Å². The molecular formula is C11H22O4. The fraction of sp³-hybridized carbons (Fsp3) is 1.00. The first kappa shape index (κ1) is 12.9. The molecular weight excluding hydrogens is 196 g/mol. The van der Waals surface area contributed by atoms with Crippen molar-refractivity contribution in [3.05, 3.63) is 0 Å². The molecule has 0 aromatic rings. The summed E-state index contributed by atoms with van der Waals surface area (Å²) in [6.45, 7) is 6.26. The second kappa shape index (κ2) is 5.80. The van der Waals surface area contributed by atoms with Crippen LogP contribution in [0.3, 0.4) is 0 Å². The first-order chi connectivity index (χ1) is 7.04. The summed E-state index contributed by atoms with van der Waals surface area (Å²) in [5.74, 6) is -0.00898. The molecule has 0 radical (unpaired) electrons. The fourth-order valence-corrected chi connectivity index (χ4v) is 1.77. The summed E-state index contributed by atoms with van der Waals surface area (Å²) in [5, 5.41) is 18.9. The summed E-state index contributed by atoms with van der Waals surface area (Å²) in [5.41, 5.74) is 0. The van der Waals surface area contributed by atoms with E-state index in [0.29, 0.717) is 13.0 Å². The van der Waals surface area contributed by atoms with Gasteiger partial charge >= 0.3 is 0 Å². The zero-order valence-corrected chi connectivity index (χ0v) is 9.72. The minimum atomic E-state index is -0.406. The molecule has 0 saturated carbocycles. The van der Waals surface area contributed by atoms with Gasteiger partial charge in [-0.3, -0.25) is 0 Å². The van der Waals surface area contributed by atoms with Crippen LogP contribution in [0, 0.1) is 5.92 Å². The summed E-state index contributed by atoms with van der Waals surface area (Å²) >= 11 is 0. The smallest absolute Gasteiger partial charge is 0.0860 e. The third-order valence-corrected chi connectivity index (χ3v) is 2.86. The van der Waals surface area contributed by atoms with Gasteiger partial charge in [0, 0.05) is 12.3 Å². The van der Waals surface area contributed by atoms with E-state index in [0.717, 1.165) is 0 Å². The van der Waals surface area contributed by atoms with E-state index in [2.05, 4.69) is 0 Å².